The molecule has 6 nitrogen and oxygen atoms in total. The summed E-state index contributed by atoms with van der Waals surface area (Å²) in [6.45, 7) is 4.94. The van der Waals surface area contributed by atoms with Gasteiger partial charge in [0, 0.05) is 44.9 Å². The zero-order valence-corrected chi connectivity index (χ0v) is 11.4. The number of anilines is 1. The molecular formula is C10H20N4O2S. The van der Waals surface area contributed by atoms with Crippen molar-refractivity contribution in [1.82, 2.24) is 14.5 Å². The molecule has 1 unspecified atom stereocenters. The summed E-state index contributed by atoms with van der Waals surface area (Å²) < 4.78 is 14.1. The van der Waals surface area contributed by atoms with Crippen LogP contribution >= 0.6 is 11.5 Å². The first-order chi connectivity index (χ1) is 8.19. The number of ether oxygens (including phenoxy) is 2. The van der Waals surface area contributed by atoms with Crippen LogP contribution in [0.2, 0.25) is 0 Å². The first kappa shape index (κ1) is 14.3. The summed E-state index contributed by atoms with van der Waals surface area (Å²) in [6.07, 6.45) is 0. The minimum atomic E-state index is 0.288. The Labute approximate surface area is 106 Å². The van der Waals surface area contributed by atoms with Crippen molar-refractivity contribution in [3.05, 3.63) is 5.69 Å². The lowest BCUT2D eigenvalue weighted by atomic mass is 10.2. The van der Waals surface area contributed by atoms with Crippen molar-refractivity contribution in [2.45, 2.75) is 19.5 Å². The lowest BCUT2D eigenvalue weighted by Crippen LogP contribution is -2.38. The van der Waals surface area contributed by atoms with Gasteiger partial charge in [-0.2, -0.15) is 0 Å². The second-order valence-electron chi connectivity index (χ2n) is 3.85. The van der Waals surface area contributed by atoms with Crippen LogP contribution < -0.4 is 5.73 Å². The van der Waals surface area contributed by atoms with Crippen molar-refractivity contribution in [2.75, 3.05) is 39.7 Å². The highest BCUT2D eigenvalue weighted by Crippen LogP contribution is 2.16. The van der Waals surface area contributed by atoms with Gasteiger partial charge in [-0.3, -0.25) is 4.90 Å². The van der Waals surface area contributed by atoms with E-state index < -0.39 is 0 Å². The topological polar surface area (TPSA) is 73.5 Å². The maximum Gasteiger partial charge on any atom is 0.132 e. The van der Waals surface area contributed by atoms with Crippen LogP contribution in [-0.4, -0.2) is 54.5 Å². The number of hydrogen-bond acceptors (Lipinski definition) is 7. The fourth-order valence-corrected chi connectivity index (χ4v) is 1.97. The van der Waals surface area contributed by atoms with Gasteiger partial charge < -0.3 is 15.2 Å². The summed E-state index contributed by atoms with van der Waals surface area (Å²) in [5.74, 6) is 0. The van der Waals surface area contributed by atoms with Crippen molar-refractivity contribution in [1.29, 1.82) is 0 Å². The van der Waals surface area contributed by atoms with Gasteiger partial charge in [0.25, 0.3) is 0 Å². The van der Waals surface area contributed by atoms with E-state index in [1.54, 1.807) is 14.2 Å². The SMILES string of the molecule is COCCN(Cc1nnsc1N)C(C)COC. The van der Waals surface area contributed by atoms with Crippen LogP contribution in [0.25, 0.3) is 0 Å². The molecule has 0 amide bonds. The molecule has 1 aromatic rings. The average molecular weight is 260 g/mol. The molecule has 0 saturated carbocycles. The lowest BCUT2D eigenvalue weighted by Gasteiger charge is -2.27. The molecule has 0 aliphatic heterocycles. The van der Waals surface area contributed by atoms with Crippen molar-refractivity contribution in [2.24, 2.45) is 0 Å². The van der Waals surface area contributed by atoms with E-state index >= 15 is 0 Å². The Balaban J connectivity index is 2.59. The Bertz CT molecular complexity index is 321. The van der Waals surface area contributed by atoms with Crippen LogP contribution in [0.15, 0.2) is 0 Å². The third kappa shape index (κ3) is 4.55. The van der Waals surface area contributed by atoms with Gasteiger partial charge in [-0.15, -0.1) is 5.10 Å². The van der Waals surface area contributed by atoms with Crippen LogP contribution in [0.5, 0.6) is 0 Å². The van der Waals surface area contributed by atoms with Crippen LogP contribution in [0.3, 0.4) is 0 Å². The number of nitrogen functional groups attached to an aromatic ring is 1. The molecule has 0 aromatic carbocycles. The summed E-state index contributed by atoms with van der Waals surface area (Å²) >= 11 is 1.22. The monoisotopic (exact) mass is 260 g/mol. The number of rotatable bonds is 8. The van der Waals surface area contributed by atoms with Gasteiger partial charge in [0.2, 0.25) is 0 Å². The van der Waals surface area contributed by atoms with Gasteiger partial charge in [-0.1, -0.05) is 4.49 Å². The van der Waals surface area contributed by atoms with Gasteiger partial charge in [0.15, 0.2) is 0 Å². The normalized spacial score (nSPS) is 13.2. The largest absolute Gasteiger partial charge is 0.388 e. The molecule has 0 radical (unpaired) electrons. The van der Waals surface area contributed by atoms with E-state index in [-0.39, 0.29) is 6.04 Å². The Morgan fingerprint density at radius 1 is 1.41 bits per heavy atom. The molecule has 7 heteroatoms. The molecule has 0 spiro atoms. The van der Waals surface area contributed by atoms with Crippen LogP contribution in [0.1, 0.15) is 12.6 Å². The summed E-state index contributed by atoms with van der Waals surface area (Å²) in [4.78, 5) is 2.22. The zero-order chi connectivity index (χ0) is 12.7. The first-order valence-electron chi connectivity index (χ1n) is 5.47. The molecule has 1 rings (SSSR count). The molecule has 0 aliphatic carbocycles. The Morgan fingerprint density at radius 3 is 2.71 bits per heavy atom. The number of methoxy groups -OCH3 is 2. The molecule has 0 bridgehead atoms. The molecule has 17 heavy (non-hydrogen) atoms. The molecule has 0 aliphatic rings. The van der Waals surface area contributed by atoms with Crippen LogP contribution in [0, 0.1) is 0 Å². The van der Waals surface area contributed by atoms with E-state index in [0.29, 0.717) is 24.8 Å². The second-order valence-corrected chi connectivity index (χ2v) is 4.64. The molecule has 0 saturated heterocycles. The number of hydrogen-bond donors (Lipinski definition) is 1. The predicted molar refractivity (Wildman–Crippen MR) is 67.9 cm³/mol. The number of nitrogens with zero attached hydrogens (tertiary/aromatic N) is 3. The minimum absolute atomic E-state index is 0.288. The number of aromatic nitrogens is 2. The highest BCUT2D eigenvalue weighted by Gasteiger charge is 2.17. The quantitative estimate of drug-likeness (QED) is 0.738. The Kier molecular flexibility index (Phi) is 6.35. The molecular weight excluding hydrogens is 240 g/mol. The summed E-state index contributed by atoms with van der Waals surface area (Å²) in [6, 6.07) is 0.288. The summed E-state index contributed by atoms with van der Waals surface area (Å²) in [5, 5.41) is 4.70. The molecule has 0 fully saturated rings. The zero-order valence-electron chi connectivity index (χ0n) is 10.5. The fourth-order valence-electron chi connectivity index (χ4n) is 1.53. The molecule has 1 atom stereocenters. The van der Waals surface area contributed by atoms with Crippen molar-refractivity contribution in [3.63, 3.8) is 0 Å². The van der Waals surface area contributed by atoms with Gasteiger partial charge >= 0.3 is 0 Å². The Hall–Kier alpha value is -0.760. The van der Waals surface area contributed by atoms with Crippen molar-refractivity contribution in [3.8, 4) is 0 Å². The lowest BCUT2D eigenvalue weighted by molar-refractivity contribution is 0.0699. The molecule has 1 heterocycles. The maximum atomic E-state index is 5.80. The number of nitrogens with two attached hydrogens (primary N) is 1. The predicted octanol–water partition coefficient (Wildman–Crippen LogP) is 0.604. The van der Waals surface area contributed by atoms with Crippen molar-refractivity contribution < 1.29 is 9.47 Å². The molecule has 2 N–H and O–H groups in total. The third-order valence-corrected chi connectivity index (χ3v) is 3.15. The second kappa shape index (κ2) is 7.54. The van der Waals surface area contributed by atoms with Gasteiger partial charge in [0.05, 0.1) is 13.2 Å². The van der Waals surface area contributed by atoms with Crippen LogP contribution in [-0.2, 0) is 16.0 Å². The van der Waals surface area contributed by atoms with E-state index in [2.05, 4.69) is 21.4 Å². The third-order valence-electron chi connectivity index (χ3n) is 2.55. The summed E-state index contributed by atoms with van der Waals surface area (Å²) in [5.41, 5.74) is 6.62. The van der Waals surface area contributed by atoms with Crippen molar-refractivity contribution >= 4 is 16.5 Å². The van der Waals surface area contributed by atoms with E-state index in [1.807, 2.05) is 0 Å². The van der Waals surface area contributed by atoms with Gasteiger partial charge in [-0.05, 0) is 6.92 Å². The van der Waals surface area contributed by atoms with Crippen LogP contribution in [0.4, 0.5) is 5.00 Å². The standard InChI is InChI=1S/C10H20N4O2S/c1-8(7-16-3)14(4-5-15-2)6-9-10(11)17-13-12-9/h8H,4-7,11H2,1-3H3. The Morgan fingerprint density at radius 2 is 2.18 bits per heavy atom. The minimum Gasteiger partial charge on any atom is -0.388 e. The summed E-state index contributed by atoms with van der Waals surface area (Å²) in [7, 11) is 3.39. The average Bonchev–Trinajstić information content (AvgIpc) is 2.70. The first-order valence-corrected chi connectivity index (χ1v) is 6.25. The van der Waals surface area contributed by atoms with Gasteiger partial charge in [-0.25, -0.2) is 0 Å². The smallest absolute Gasteiger partial charge is 0.132 e. The van der Waals surface area contributed by atoms with E-state index in [0.717, 1.165) is 12.2 Å². The van der Waals surface area contributed by atoms with E-state index in [9.17, 15) is 0 Å². The maximum absolute atomic E-state index is 5.80. The van der Waals surface area contributed by atoms with E-state index in [4.69, 9.17) is 15.2 Å². The van der Waals surface area contributed by atoms with Gasteiger partial charge in [0.1, 0.15) is 10.7 Å². The molecule has 1 aromatic heterocycles. The molecule has 98 valence electrons. The fraction of sp³-hybridized carbons (Fsp3) is 0.800. The highest BCUT2D eigenvalue weighted by atomic mass is 32.1. The highest BCUT2D eigenvalue weighted by molar-refractivity contribution is 7.09. The van der Waals surface area contributed by atoms with E-state index in [1.165, 1.54) is 11.5 Å².